The highest BCUT2D eigenvalue weighted by Gasteiger charge is 2.36. The van der Waals surface area contributed by atoms with Gasteiger partial charge in [-0.05, 0) is 13.8 Å². The summed E-state index contributed by atoms with van der Waals surface area (Å²) in [4.78, 5) is 8.64. The van der Waals surface area contributed by atoms with Crippen LogP contribution in [0.4, 0.5) is 24.8 Å². The minimum Gasteiger partial charge on any atom is -0.372 e. The normalized spacial score (nSPS) is 23.8. The van der Waals surface area contributed by atoms with Crippen LogP contribution in [0, 0.1) is 0 Å². The summed E-state index contributed by atoms with van der Waals surface area (Å²) in [6.45, 7) is 4.64. The zero-order chi connectivity index (χ0) is 14.9. The Labute approximate surface area is 114 Å². The molecule has 0 aliphatic carbocycles. The van der Waals surface area contributed by atoms with Crippen LogP contribution in [0.1, 0.15) is 19.7 Å². The van der Waals surface area contributed by atoms with Crippen molar-refractivity contribution in [2.75, 3.05) is 23.4 Å². The van der Waals surface area contributed by atoms with Gasteiger partial charge in [0, 0.05) is 19.2 Å². The molecular weight excluding hydrogens is 275 g/mol. The van der Waals surface area contributed by atoms with E-state index in [9.17, 15) is 13.2 Å². The molecule has 9 heteroatoms. The first-order valence-electron chi connectivity index (χ1n) is 6.13. The first kappa shape index (κ1) is 14.8. The Morgan fingerprint density at radius 2 is 1.90 bits per heavy atom. The highest BCUT2D eigenvalue weighted by atomic mass is 19.4. The number of nitrogens with zero attached hydrogens (tertiary/aromatic N) is 3. The van der Waals surface area contributed by atoms with Gasteiger partial charge < -0.3 is 15.1 Å². The van der Waals surface area contributed by atoms with Crippen molar-refractivity contribution in [2.24, 2.45) is 5.84 Å². The maximum absolute atomic E-state index is 12.8. The summed E-state index contributed by atoms with van der Waals surface area (Å²) < 4.78 is 43.8. The minimum absolute atomic E-state index is 0.0749. The predicted octanol–water partition coefficient (Wildman–Crippen LogP) is 1.39. The minimum atomic E-state index is -4.62. The molecule has 20 heavy (non-hydrogen) atoms. The molecule has 0 spiro atoms. The number of nitrogens with one attached hydrogen (secondary N) is 1. The number of ether oxygens (including phenoxy) is 1. The molecule has 0 radical (unpaired) electrons. The second kappa shape index (κ2) is 5.41. The van der Waals surface area contributed by atoms with E-state index in [0.717, 1.165) is 0 Å². The van der Waals surface area contributed by atoms with E-state index >= 15 is 0 Å². The first-order valence-corrected chi connectivity index (χ1v) is 6.13. The van der Waals surface area contributed by atoms with Crippen molar-refractivity contribution in [3.63, 3.8) is 0 Å². The fraction of sp³-hybridized carbons (Fsp3) is 0.636. The van der Waals surface area contributed by atoms with Crippen LogP contribution >= 0.6 is 0 Å². The number of aromatic nitrogens is 2. The van der Waals surface area contributed by atoms with Crippen molar-refractivity contribution in [2.45, 2.75) is 32.2 Å². The highest BCUT2D eigenvalue weighted by Crippen LogP contribution is 2.29. The molecule has 1 aromatic heterocycles. The second-order valence-corrected chi connectivity index (χ2v) is 4.74. The van der Waals surface area contributed by atoms with E-state index in [1.165, 1.54) is 6.07 Å². The number of nitrogen functional groups attached to an aromatic ring is 1. The third-order valence-corrected chi connectivity index (χ3v) is 2.86. The summed E-state index contributed by atoms with van der Waals surface area (Å²) in [5, 5.41) is 0. The number of hydrazine groups is 1. The van der Waals surface area contributed by atoms with Gasteiger partial charge in [-0.25, -0.2) is 15.8 Å². The van der Waals surface area contributed by atoms with Gasteiger partial charge in [-0.15, -0.1) is 0 Å². The molecule has 2 heterocycles. The Kier molecular flexibility index (Phi) is 4.00. The number of alkyl halides is 3. The van der Waals surface area contributed by atoms with Gasteiger partial charge in [0.05, 0.1) is 12.2 Å². The number of halogens is 3. The van der Waals surface area contributed by atoms with E-state index in [-0.39, 0.29) is 23.8 Å². The molecule has 1 fully saturated rings. The van der Waals surface area contributed by atoms with Gasteiger partial charge >= 0.3 is 6.18 Å². The van der Waals surface area contributed by atoms with Crippen LogP contribution in [0.2, 0.25) is 0 Å². The lowest BCUT2D eigenvalue weighted by Gasteiger charge is -2.36. The van der Waals surface area contributed by atoms with E-state index in [1.54, 1.807) is 4.90 Å². The van der Waals surface area contributed by atoms with Crippen molar-refractivity contribution < 1.29 is 17.9 Å². The van der Waals surface area contributed by atoms with Gasteiger partial charge in [0.25, 0.3) is 0 Å². The van der Waals surface area contributed by atoms with E-state index in [0.29, 0.717) is 13.1 Å². The lowest BCUT2D eigenvalue weighted by atomic mass is 10.2. The molecule has 1 aliphatic heterocycles. The molecule has 0 bridgehead atoms. The molecule has 1 aromatic rings. The molecule has 2 rings (SSSR count). The summed E-state index contributed by atoms with van der Waals surface area (Å²) in [5.41, 5.74) is 2.13. The average molecular weight is 291 g/mol. The lowest BCUT2D eigenvalue weighted by molar-refractivity contribution is -0.144. The van der Waals surface area contributed by atoms with Gasteiger partial charge in [0.2, 0.25) is 5.82 Å². The average Bonchev–Trinajstić information content (AvgIpc) is 2.36. The molecule has 6 nitrogen and oxygen atoms in total. The predicted molar refractivity (Wildman–Crippen MR) is 67.1 cm³/mol. The fourth-order valence-electron chi connectivity index (χ4n) is 2.16. The highest BCUT2D eigenvalue weighted by molar-refractivity contribution is 5.49. The van der Waals surface area contributed by atoms with Crippen molar-refractivity contribution in [1.29, 1.82) is 0 Å². The number of nitrogens with two attached hydrogens (primary N) is 1. The van der Waals surface area contributed by atoms with Crippen LogP contribution in [0.5, 0.6) is 0 Å². The third-order valence-electron chi connectivity index (χ3n) is 2.86. The van der Waals surface area contributed by atoms with Crippen molar-refractivity contribution in [3.05, 3.63) is 11.9 Å². The summed E-state index contributed by atoms with van der Waals surface area (Å²) in [5.74, 6) is 4.06. The van der Waals surface area contributed by atoms with Gasteiger partial charge in [0.1, 0.15) is 11.6 Å². The second-order valence-electron chi connectivity index (χ2n) is 4.74. The number of morpholine rings is 1. The molecule has 3 N–H and O–H groups in total. The van der Waals surface area contributed by atoms with Gasteiger partial charge in [0.15, 0.2) is 0 Å². The number of hydrogen-bond acceptors (Lipinski definition) is 6. The maximum Gasteiger partial charge on any atom is 0.451 e. The summed E-state index contributed by atoms with van der Waals surface area (Å²) in [7, 11) is 0. The van der Waals surface area contributed by atoms with E-state index in [4.69, 9.17) is 10.6 Å². The summed E-state index contributed by atoms with van der Waals surface area (Å²) in [6, 6.07) is 1.39. The number of rotatable bonds is 2. The molecule has 1 aliphatic rings. The van der Waals surface area contributed by atoms with Gasteiger partial charge in [-0.1, -0.05) is 0 Å². The van der Waals surface area contributed by atoms with Crippen molar-refractivity contribution in [1.82, 2.24) is 9.97 Å². The van der Waals surface area contributed by atoms with Crippen LogP contribution in [0.15, 0.2) is 6.07 Å². The standard InChI is InChI=1S/C11H16F3N5O/c1-6-4-19(5-7(2)20-6)9-3-8(18-15)16-10(17-9)11(12,13)14/h3,6-7H,4-5,15H2,1-2H3,(H,16,17,18). The maximum atomic E-state index is 12.8. The topological polar surface area (TPSA) is 76.3 Å². The molecule has 2 atom stereocenters. The first-order chi connectivity index (χ1) is 9.29. The van der Waals surface area contributed by atoms with Gasteiger partial charge in [-0.2, -0.15) is 13.2 Å². The van der Waals surface area contributed by atoms with Crippen molar-refractivity contribution >= 4 is 11.6 Å². The Morgan fingerprint density at radius 3 is 2.40 bits per heavy atom. The molecule has 0 saturated carbocycles. The molecule has 1 saturated heterocycles. The number of anilines is 2. The largest absolute Gasteiger partial charge is 0.451 e. The Bertz CT molecular complexity index is 472. The Hall–Kier alpha value is -1.61. The molecular formula is C11H16F3N5O. The zero-order valence-corrected chi connectivity index (χ0v) is 11.1. The fourth-order valence-corrected chi connectivity index (χ4v) is 2.16. The monoisotopic (exact) mass is 291 g/mol. The Balaban J connectivity index is 2.35. The SMILES string of the molecule is CC1CN(c2cc(NN)nc(C(F)(F)F)n2)CC(C)O1. The van der Waals surface area contributed by atoms with Crippen molar-refractivity contribution in [3.8, 4) is 0 Å². The van der Waals surface area contributed by atoms with Gasteiger partial charge in [-0.3, -0.25) is 0 Å². The quantitative estimate of drug-likeness (QED) is 0.633. The number of hydrogen-bond donors (Lipinski definition) is 2. The zero-order valence-electron chi connectivity index (χ0n) is 11.1. The molecule has 2 unspecified atom stereocenters. The van der Waals surface area contributed by atoms with E-state index < -0.39 is 12.0 Å². The van der Waals surface area contributed by atoms with E-state index in [2.05, 4.69) is 15.4 Å². The molecule has 0 aromatic carbocycles. The molecule has 112 valence electrons. The van der Waals surface area contributed by atoms with Crippen LogP contribution in [0.3, 0.4) is 0 Å². The van der Waals surface area contributed by atoms with Crippen LogP contribution in [-0.4, -0.2) is 35.3 Å². The van der Waals surface area contributed by atoms with Crippen LogP contribution < -0.4 is 16.2 Å². The summed E-state index contributed by atoms with van der Waals surface area (Å²) >= 11 is 0. The third kappa shape index (κ3) is 3.28. The van der Waals surface area contributed by atoms with Crippen LogP contribution in [-0.2, 0) is 10.9 Å². The lowest BCUT2D eigenvalue weighted by Crippen LogP contribution is -2.46. The van der Waals surface area contributed by atoms with E-state index in [1.807, 2.05) is 13.8 Å². The summed E-state index contributed by atoms with van der Waals surface area (Å²) in [6.07, 6.45) is -4.79. The smallest absolute Gasteiger partial charge is 0.372 e. The molecule has 0 amide bonds. The van der Waals surface area contributed by atoms with Crippen LogP contribution in [0.25, 0.3) is 0 Å². The Morgan fingerprint density at radius 1 is 1.30 bits per heavy atom.